The van der Waals surface area contributed by atoms with Gasteiger partial charge in [0.15, 0.2) is 5.78 Å². The van der Waals surface area contributed by atoms with Crippen molar-refractivity contribution in [2.45, 2.75) is 6.92 Å². The Morgan fingerprint density at radius 1 is 0.950 bits per heavy atom. The highest BCUT2D eigenvalue weighted by Crippen LogP contribution is 2.16. The summed E-state index contributed by atoms with van der Waals surface area (Å²) in [5, 5.41) is 14.5. The number of aromatic hydroxyl groups is 1. The number of hydrogen-bond acceptors (Lipinski definition) is 3. The van der Waals surface area contributed by atoms with Gasteiger partial charge in [0, 0.05) is 23.0 Å². The Labute approximate surface area is 116 Å². The lowest BCUT2D eigenvalue weighted by atomic mass is 10.1. The topological polar surface area (TPSA) is 78.4 Å². The standard InChI is InChI=1S/C15H14N2O3/c1-10(18)11-5-7-12(8-6-11)16-15(20)17-13-3-2-4-14(19)9-13/h2-9,19H,1H3,(H2,16,17,20). The zero-order valence-corrected chi connectivity index (χ0v) is 10.9. The summed E-state index contributed by atoms with van der Waals surface area (Å²) >= 11 is 0. The summed E-state index contributed by atoms with van der Waals surface area (Å²) in [6.45, 7) is 1.48. The quantitative estimate of drug-likeness (QED) is 0.749. The maximum Gasteiger partial charge on any atom is 0.323 e. The summed E-state index contributed by atoms with van der Waals surface area (Å²) in [5.74, 6) is 0.0503. The Kier molecular flexibility index (Phi) is 4.00. The first-order valence-electron chi connectivity index (χ1n) is 6.02. The smallest absolute Gasteiger partial charge is 0.323 e. The molecule has 5 nitrogen and oxygen atoms in total. The molecule has 0 spiro atoms. The van der Waals surface area contributed by atoms with Gasteiger partial charge in [-0.3, -0.25) is 4.79 Å². The van der Waals surface area contributed by atoms with Gasteiger partial charge in [-0.2, -0.15) is 0 Å². The fourth-order valence-electron chi connectivity index (χ4n) is 1.67. The van der Waals surface area contributed by atoms with Crippen molar-refractivity contribution in [3.8, 4) is 5.75 Å². The van der Waals surface area contributed by atoms with E-state index in [0.29, 0.717) is 16.9 Å². The first-order valence-corrected chi connectivity index (χ1v) is 6.02. The predicted octanol–water partition coefficient (Wildman–Crippen LogP) is 3.24. The maximum absolute atomic E-state index is 11.7. The molecule has 2 amide bonds. The fourth-order valence-corrected chi connectivity index (χ4v) is 1.67. The molecule has 0 heterocycles. The van der Waals surface area contributed by atoms with Gasteiger partial charge in [-0.15, -0.1) is 0 Å². The van der Waals surface area contributed by atoms with Crippen molar-refractivity contribution in [1.29, 1.82) is 0 Å². The lowest BCUT2D eigenvalue weighted by molar-refractivity contribution is 0.101. The predicted molar refractivity (Wildman–Crippen MR) is 77.2 cm³/mol. The van der Waals surface area contributed by atoms with Crippen molar-refractivity contribution in [3.05, 3.63) is 54.1 Å². The highest BCUT2D eigenvalue weighted by molar-refractivity contribution is 6.00. The Balaban J connectivity index is 1.99. The summed E-state index contributed by atoms with van der Waals surface area (Å²) in [6.07, 6.45) is 0. The highest BCUT2D eigenvalue weighted by Gasteiger charge is 2.04. The maximum atomic E-state index is 11.7. The summed E-state index contributed by atoms with van der Waals surface area (Å²) in [4.78, 5) is 22.9. The molecular weight excluding hydrogens is 256 g/mol. The zero-order valence-electron chi connectivity index (χ0n) is 10.9. The van der Waals surface area contributed by atoms with E-state index in [1.807, 2.05) is 0 Å². The van der Waals surface area contributed by atoms with Gasteiger partial charge in [-0.1, -0.05) is 6.07 Å². The summed E-state index contributed by atoms with van der Waals surface area (Å²) in [7, 11) is 0. The van der Waals surface area contributed by atoms with E-state index in [1.165, 1.54) is 19.1 Å². The molecule has 0 aliphatic heterocycles. The molecule has 0 bridgehead atoms. The van der Waals surface area contributed by atoms with Crippen LogP contribution in [0.1, 0.15) is 17.3 Å². The van der Waals surface area contributed by atoms with Crippen molar-refractivity contribution in [1.82, 2.24) is 0 Å². The lowest BCUT2D eigenvalue weighted by Crippen LogP contribution is -2.19. The van der Waals surface area contributed by atoms with E-state index in [1.54, 1.807) is 36.4 Å². The van der Waals surface area contributed by atoms with E-state index >= 15 is 0 Å². The monoisotopic (exact) mass is 270 g/mol. The Morgan fingerprint density at radius 2 is 1.60 bits per heavy atom. The van der Waals surface area contributed by atoms with Crippen LogP contribution in [0.15, 0.2) is 48.5 Å². The number of ketones is 1. The van der Waals surface area contributed by atoms with E-state index in [2.05, 4.69) is 10.6 Å². The van der Waals surface area contributed by atoms with Gasteiger partial charge in [0.05, 0.1) is 0 Å². The number of carbonyl (C=O) groups is 2. The van der Waals surface area contributed by atoms with Crippen molar-refractivity contribution in [2.75, 3.05) is 10.6 Å². The van der Waals surface area contributed by atoms with Crippen LogP contribution in [0.4, 0.5) is 16.2 Å². The van der Waals surface area contributed by atoms with Gasteiger partial charge < -0.3 is 15.7 Å². The van der Waals surface area contributed by atoms with E-state index in [9.17, 15) is 14.7 Å². The van der Waals surface area contributed by atoms with Crippen LogP contribution in [0.2, 0.25) is 0 Å². The van der Waals surface area contributed by atoms with Crippen LogP contribution in [0.25, 0.3) is 0 Å². The highest BCUT2D eigenvalue weighted by atomic mass is 16.3. The van der Waals surface area contributed by atoms with Crippen LogP contribution in [-0.4, -0.2) is 16.9 Å². The number of urea groups is 1. The normalized spacial score (nSPS) is 9.85. The molecule has 2 aromatic carbocycles. The second kappa shape index (κ2) is 5.88. The van der Waals surface area contributed by atoms with Gasteiger partial charge >= 0.3 is 6.03 Å². The SMILES string of the molecule is CC(=O)c1ccc(NC(=O)Nc2cccc(O)c2)cc1. The van der Waals surface area contributed by atoms with E-state index in [-0.39, 0.29) is 11.5 Å². The number of Topliss-reactive ketones (excluding diaryl/α,β-unsaturated/α-hetero) is 1. The number of anilines is 2. The van der Waals surface area contributed by atoms with Crippen molar-refractivity contribution in [2.24, 2.45) is 0 Å². The molecule has 2 aromatic rings. The lowest BCUT2D eigenvalue weighted by Gasteiger charge is -2.08. The summed E-state index contributed by atoms with van der Waals surface area (Å²) < 4.78 is 0. The Hall–Kier alpha value is -2.82. The third-order valence-electron chi connectivity index (χ3n) is 2.65. The van der Waals surface area contributed by atoms with E-state index < -0.39 is 6.03 Å². The summed E-state index contributed by atoms with van der Waals surface area (Å²) in [5.41, 5.74) is 1.65. The minimum atomic E-state index is -0.425. The summed E-state index contributed by atoms with van der Waals surface area (Å²) in [6, 6.07) is 12.4. The van der Waals surface area contributed by atoms with Gasteiger partial charge in [-0.25, -0.2) is 4.79 Å². The molecule has 0 saturated heterocycles. The molecule has 3 N–H and O–H groups in total. The first-order chi connectivity index (χ1) is 9.54. The van der Waals surface area contributed by atoms with Crippen LogP contribution < -0.4 is 10.6 Å². The molecule has 0 unspecified atom stereocenters. The molecule has 20 heavy (non-hydrogen) atoms. The van der Waals surface area contributed by atoms with E-state index in [0.717, 1.165) is 0 Å². The fraction of sp³-hybridized carbons (Fsp3) is 0.0667. The minimum absolute atomic E-state index is 0.0271. The first kappa shape index (κ1) is 13.6. The van der Waals surface area contributed by atoms with Crippen LogP contribution in [-0.2, 0) is 0 Å². The Morgan fingerprint density at radius 3 is 2.20 bits per heavy atom. The number of rotatable bonds is 3. The molecule has 5 heteroatoms. The molecule has 0 atom stereocenters. The number of benzene rings is 2. The van der Waals surface area contributed by atoms with Gasteiger partial charge in [-0.05, 0) is 43.3 Å². The molecular formula is C15H14N2O3. The third kappa shape index (κ3) is 3.58. The number of hydrogen-bond donors (Lipinski definition) is 3. The number of phenolic OH excluding ortho intramolecular Hbond substituents is 1. The molecule has 2 rings (SSSR count). The molecule has 0 radical (unpaired) electrons. The number of phenols is 1. The van der Waals surface area contributed by atoms with Crippen molar-refractivity contribution < 1.29 is 14.7 Å². The molecule has 0 fully saturated rings. The molecule has 0 aliphatic carbocycles. The third-order valence-corrected chi connectivity index (χ3v) is 2.65. The van der Waals surface area contributed by atoms with Crippen LogP contribution >= 0.6 is 0 Å². The number of amides is 2. The Bertz CT molecular complexity index is 636. The number of carbonyl (C=O) groups excluding carboxylic acids is 2. The largest absolute Gasteiger partial charge is 0.508 e. The van der Waals surface area contributed by atoms with Gasteiger partial charge in [0.2, 0.25) is 0 Å². The van der Waals surface area contributed by atoms with Crippen LogP contribution in [0.5, 0.6) is 5.75 Å². The second-order valence-electron chi connectivity index (χ2n) is 4.26. The molecule has 0 aromatic heterocycles. The van der Waals surface area contributed by atoms with Crippen molar-refractivity contribution >= 4 is 23.2 Å². The van der Waals surface area contributed by atoms with E-state index in [4.69, 9.17) is 0 Å². The van der Waals surface area contributed by atoms with Gasteiger partial charge in [0.25, 0.3) is 0 Å². The molecule has 102 valence electrons. The average molecular weight is 270 g/mol. The van der Waals surface area contributed by atoms with Crippen LogP contribution in [0.3, 0.4) is 0 Å². The zero-order chi connectivity index (χ0) is 14.5. The second-order valence-corrected chi connectivity index (χ2v) is 4.26. The minimum Gasteiger partial charge on any atom is -0.508 e. The van der Waals surface area contributed by atoms with Crippen LogP contribution in [0, 0.1) is 0 Å². The molecule has 0 aliphatic rings. The average Bonchev–Trinajstić information content (AvgIpc) is 2.39. The number of nitrogens with one attached hydrogen (secondary N) is 2. The van der Waals surface area contributed by atoms with Gasteiger partial charge in [0.1, 0.15) is 5.75 Å². The van der Waals surface area contributed by atoms with Crippen molar-refractivity contribution in [3.63, 3.8) is 0 Å². The molecule has 0 saturated carbocycles.